The maximum atomic E-state index is 14.9. The van der Waals surface area contributed by atoms with Crippen LogP contribution in [0.3, 0.4) is 0 Å². The van der Waals surface area contributed by atoms with Gasteiger partial charge in [0.2, 0.25) is 0 Å². The number of halogens is 1. The molecule has 1 aliphatic heterocycles. The lowest BCUT2D eigenvalue weighted by atomic mass is 9.68. The standard InChI is InChI=1S/C21H30FNO3/c1-7-16-12-14(2)13-17(22)18(16)21(15(3)24)8-10-23(11-9-21)19(25)26-20(4,5)6/h12-13H,7-11H2,1-6H3. The molecule has 1 amide bonds. The van der Waals surface area contributed by atoms with Crippen LogP contribution in [0.25, 0.3) is 0 Å². The third kappa shape index (κ3) is 4.08. The predicted octanol–water partition coefficient (Wildman–Crippen LogP) is 4.55. The predicted molar refractivity (Wildman–Crippen MR) is 99.9 cm³/mol. The van der Waals surface area contributed by atoms with Gasteiger partial charge in [-0.3, -0.25) is 4.79 Å². The van der Waals surface area contributed by atoms with Crippen molar-refractivity contribution in [3.05, 3.63) is 34.6 Å². The lowest BCUT2D eigenvalue weighted by Gasteiger charge is -2.41. The molecular formula is C21H30FNO3. The Hall–Kier alpha value is -1.91. The first kappa shape index (κ1) is 20.4. The van der Waals surface area contributed by atoms with Crippen molar-refractivity contribution in [3.63, 3.8) is 0 Å². The molecule has 0 saturated carbocycles. The van der Waals surface area contributed by atoms with Gasteiger partial charge in [0.05, 0.1) is 5.41 Å². The highest BCUT2D eigenvalue weighted by molar-refractivity contribution is 5.89. The van der Waals surface area contributed by atoms with E-state index >= 15 is 0 Å². The van der Waals surface area contributed by atoms with E-state index in [2.05, 4.69) is 0 Å². The van der Waals surface area contributed by atoms with Gasteiger partial charge in [0.15, 0.2) is 0 Å². The van der Waals surface area contributed by atoms with E-state index in [0.29, 0.717) is 37.9 Å². The monoisotopic (exact) mass is 363 g/mol. The molecule has 1 aliphatic rings. The summed E-state index contributed by atoms with van der Waals surface area (Å²) < 4.78 is 20.3. The highest BCUT2D eigenvalue weighted by Gasteiger charge is 2.44. The molecule has 26 heavy (non-hydrogen) atoms. The van der Waals surface area contributed by atoms with Crippen molar-refractivity contribution in [1.82, 2.24) is 4.90 Å². The SMILES string of the molecule is CCc1cc(C)cc(F)c1C1(C(C)=O)CCN(C(=O)OC(C)(C)C)CC1. The van der Waals surface area contributed by atoms with Gasteiger partial charge in [-0.15, -0.1) is 0 Å². The van der Waals surface area contributed by atoms with Crippen molar-refractivity contribution in [1.29, 1.82) is 0 Å². The Morgan fingerprint density at radius 3 is 2.27 bits per heavy atom. The van der Waals surface area contributed by atoms with Crippen LogP contribution in [0.5, 0.6) is 0 Å². The second-order valence-corrected chi connectivity index (χ2v) is 8.24. The number of rotatable bonds is 3. The third-order valence-electron chi connectivity index (χ3n) is 5.12. The van der Waals surface area contributed by atoms with Crippen LogP contribution < -0.4 is 0 Å². The number of piperidine rings is 1. The van der Waals surface area contributed by atoms with Crippen molar-refractivity contribution < 1.29 is 18.7 Å². The summed E-state index contributed by atoms with van der Waals surface area (Å²) in [5, 5.41) is 0. The van der Waals surface area contributed by atoms with Crippen molar-refractivity contribution in [3.8, 4) is 0 Å². The van der Waals surface area contributed by atoms with Crippen LogP contribution >= 0.6 is 0 Å². The summed E-state index contributed by atoms with van der Waals surface area (Å²) in [4.78, 5) is 26.6. The van der Waals surface area contributed by atoms with E-state index in [1.54, 1.807) is 4.90 Å². The number of likely N-dealkylation sites (tertiary alicyclic amines) is 1. The summed E-state index contributed by atoms with van der Waals surface area (Å²) >= 11 is 0. The van der Waals surface area contributed by atoms with Gasteiger partial charge in [0.25, 0.3) is 0 Å². The first-order valence-electron chi connectivity index (χ1n) is 9.28. The summed E-state index contributed by atoms with van der Waals surface area (Å²) in [5.41, 5.74) is 0.810. The highest BCUT2D eigenvalue weighted by Crippen LogP contribution is 2.40. The molecule has 4 nitrogen and oxygen atoms in total. The third-order valence-corrected chi connectivity index (χ3v) is 5.12. The number of hydrogen-bond donors (Lipinski definition) is 0. The van der Waals surface area contributed by atoms with Gasteiger partial charge >= 0.3 is 6.09 Å². The number of nitrogens with zero attached hydrogens (tertiary/aromatic N) is 1. The van der Waals surface area contributed by atoms with Crippen molar-refractivity contribution in [2.45, 2.75) is 71.8 Å². The van der Waals surface area contributed by atoms with Crippen LogP contribution in [0, 0.1) is 12.7 Å². The smallest absolute Gasteiger partial charge is 0.410 e. The van der Waals surface area contributed by atoms with Crippen LogP contribution in [-0.4, -0.2) is 35.5 Å². The maximum absolute atomic E-state index is 14.9. The molecule has 144 valence electrons. The molecule has 0 aromatic heterocycles. The van der Waals surface area contributed by atoms with Crippen LogP contribution in [0.2, 0.25) is 0 Å². The minimum absolute atomic E-state index is 0.0428. The normalized spacial score (nSPS) is 17.1. The topological polar surface area (TPSA) is 46.6 Å². The summed E-state index contributed by atoms with van der Waals surface area (Å²) in [6, 6.07) is 3.46. The van der Waals surface area contributed by atoms with Crippen LogP contribution in [0.4, 0.5) is 9.18 Å². The average molecular weight is 363 g/mol. The fraction of sp³-hybridized carbons (Fsp3) is 0.619. The largest absolute Gasteiger partial charge is 0.444 e. The quantitative estimate of drug-likeness (QED) is 0.791. The van der Waals surface area contributed by atoms with E-state index in [4.69, 9.17) is 4.74 Å². The fourth-order valence-electron chi connectivity index (χ4n) is 3.80. The Kier molecular flexibility index (Phi) is 5.79. The Labute approximate surface area is 155 Å². The molecule has 0 N–H and O–H groups in total. The second-order valence-electron chi connectivity index (χ2n) is 8.24. The first-order chi connectivity index (χ1) is 12.0. The van der Waals surface area contributed by atoms with Crippen molar-refractivity contribution in [2.75, 3.05) is 13.1 Å². The van der Waals surface area contributed by atoms with E-state index in [0.717, 1.165) is 11.1 Å². The molecule has 0 radical (unpaired) electrons. The van der Waals surface area contributed by atoms with Gasteiger partial charge in [-0.25, -0.2) is 9.18 Å². The van der Waals surface area contributed by atoms with Gasteiger partial charge in [-0.05, 0) is 71.1 Å². The summed E-state index contributed by atoms with van der Waals surface area (Å²) in [7, 11) is 0. The number of ether oxygens (including phenoxy) is 1. The zero-order valence-electron chi connectivity index (χ0n) is 16.7. The van der Waals surface area contributed by atoms with Gasteiger partial charge in [0.1, 0.15) is 17.2 Å². The van der Waals surface area contributed by atoms with E-state index in [1.165, 1.54) is 13.0 Å². The molecule has 1 aromatic carbocycles. The maximum Gasteiger partial charge on any atom is 0.410 e. The van der Waals surface area contributed by atoms with Gasteiger partial charge in [0, 0.05) is 18.7 Å². The number of aryl methyl sites for hydroxylation is 2. The van der Waals surface area contributed by atoms with E-state index in [1.807, 2.05) is 40.7 Å². The summed E-state index contributed by atoms with van der Waals surface area (Å²) in [6.07, 6.45) is 1.11. The molecule has 0 atom stereocenters. The zero-order valence-corrected chi connectivity index (χ0v) is 16.7. The van der Waals surface area contributed by atoms with E-state index < -0.39 is 11.0 Å². The summed E-state index contributed by atoms with van der Waals surface area (Å²) in [6.45, 7) is 11.6. The first-order valence-corrected chi connectivity index (χ1v) is 9.28. The van der Waals surface area contributed by atoms with Crippen LogP contribution in [0.15, 0.2) is 12.1 Å². The molecule has 0 spiro atoms. The molecule has 1 fully saturated rings. The van der Waals surface area contributed by atoms with Gasteiger partial charge < -0.3 is 9.64 Å². The van der Waals surface area contributed by atoms with Crippen molar-refractivity contribution >= 4 is 11.9 Å². The Balaban J connectivity index is 2.33. The number of carbonyl (C=O) groups is 2. The van der Waals surface area contributed by atoms with E-state index in [-0.39, 0.29) is 17.7 Å². The number of Topliss-reactive ketones (excluding diaryl/α,β-unsaturated/α-hetero) is 1. The Morgan fingerprint density at radius 1 is 1.23 bits per heavy atom. The highest BCUT2D eigenvalue weighted by atomic mass is 19.1. The number of ketones is 1. The fourth-order valence-corrected chi connectivity index (χ4v) is 3.80. The zero-order chi connectivity index (χ0) is 19.7. The minimum Gasteiger partial charge on any atom is -0.444 e. The molecule has 5 heteroatoms. The number of benzene rings is 1. The molecule has 0 unspecified atom stereocenters. The molecule has 0 bridgehead atoms. The minimum atomic E-state index is -0.873. The second kappa shape index (κ2) is 7.37. The lowest BCUT2D eigenvalue weighted by Crippen LogP contribution is -2.50. The number of carbonyl (C=O) groups excluding carboxylic acids is 2. The number of amides is 1. The van der Waals surface area contributed by atoms with Gasteiger partial charge in [-0.1, -0.05) is 13.0 Å². The van der Waals surface area contributed by atoms with Crippen molar-refractivity contribution in [2.24, 2.45) is 0 Å². The van der Waals surface area contributed by atoms with Crippen LogP contribution in [-0.2, 0) is 21.4 Å². The van der Waals surface area contributed by atoms with Gasteiger partial charge in [-0.2, -0.15) is 0 Å². The number of hydrogen-bond acceptors (Lipinski definition) is 3. The molecule has 0 aliphatic carbocycles. The molecule has 2 rings (SSSR count). The lowest BCUT2D eigenvalue weighted by molar-refractivity contribution is -0.124. The molecular weight excluding hydrogens is 333 g/mol. The molecule has 1 aromatic rings. The molecule has 1 saturated heterocycles. The summed E-state index contributed by atoms with van der Waals surface area (Å²) in [5.74, 6) is -0.360. The Bertz CT molecular complexity index is 698. The van der Waals surface area contributed by atoms with Crippen LogP contribution in [0.1, 0.15) is 64.2 Å². The van der Waals surface area contributed by atoms with E-state index in [9.17, 15) is 14.0 Å². The average Bonchev–Trinajstić information content (AvgIpc) is 2.52. The Morgan fingerprint density at radius 2 is 1.81 bits per heavy atom. The molecule has 1 heterocycles.